The first kappa shape index (κ1) is 49.0. The topological polar surface area (TPSA) is 139 Å². The number of carbonyl (C=O) groups is 2. The Labute approximate surface area is 393 Å². The number of aromatic nitrogens is 6. The lowest BCUT2D eigenvalue weighted by Crippen LogP contribution is -2.37. The molecule has 7 rings (SSSR count). The number of imidazole rings is 2. The minimum absolute atomic E-state index is 0.206. The molecule has 0 N–H and O–H groups in total. The summed E-state index contributed by atoms with van der Waals surface area (Å²) in [7, 11) is -2.61. The minimum Gasteiger partial charge on any atom is -0.444 e. The second-order valence-electron chi connectivity index (χ2n) is 22.3. The fraction of sp³-hybridized carbons (Fsp3) is 0.560. The van der Waals surface area contributed by atoms with Gasteiger partial charge in [0.1, 0.15) is 42.0 Å². The molecule has 2 amide bonds. The van der Waals surface area contributed by atoms with Crippen LogP contribution >= 0.6 is 0 Å². The zero-order chi connectivity index (χ0) is 47.6. The first-order valence-electron chi connectivity index (χ1n) is 23.7. The SMILES string of the molecule is CC(C)(C)OC(=O)N1CCC[C@H]1c1ncc(-c2ccc3cc(-c4cnc(-c5cnc([C@@H]6CCCN6C(=O)OC(C)(C)C)n5COCC[Si](C)(C)C)cn4)ccc3c2)n1COCC[Si](C)(C)C. The van der Waals surface area contributed by atoms with E-state index >= 15 is 0 Å². The van der Waals surface area contributed by atoms with E-state index in [1.165, 1.54) is 0 Å². The average Bonchev–Trinajstić information content (AvgIpc) is 4.05. The van der Waals surface area contributed by atoms with Gasteiger partial charge in [0.2, 0.25) is 0 Å². The molecule has 2 fully saturated rings. The quantitative estimate of drug-likeness (QED) is 0.0736. The molecule has 3 aromatic heterocycles. The summed E-state index contributed by atoms with van der Waals surface area (Å²) in [6.45, 7) is 28.6. The summed E-state index contributed by atoms with van der Waals surface area (Å²) < 4.78 is 28.5. The lowest BCUT2D eigenvalue weighted by molar-refractivity contribution is 0.0195. The highest BCUT2D eigenvalue weighted by molar-refractivity contribution is 6.76. The number of ether oxygens (including phenoxy) is 4. The number of rotatable bonds is 15. The van der Waals surface area contributed by atoms with Crippen molar-refractivity contribution in [1.29, 1.82) is 0 Å². The number of hydrogen-bond donors (Lipinski definition) is 0. The summed E-state index contributed by atoms with van der Waals surface area (Å²) >= 11 is 0. The van der Waals surface area contributed by atoms with Gasteiger partial charge in [0, 0.05) is 53.6 Å². The van der Waals surface area contributed by atoms with Crippen molar-refractivity contribution in [2.24, 2.45) is 0 Å². The summed E-state index contributed by atoms with van der Waals surface area (Å²) in [5.74, 6) is 1.57. The lowest BCUT2D eigenvalue weighted by atomic mass is 10.0. The van der Waals surface area contributed by atoms with E-state index in [4.69, 9.17) is 38.9 Å². The standard InChI is InChI=1S/C50H72N8O6Si2/c1-49(2,3)63-47(59)55-21-13-15-41(55)45-53-31-43(57(45)33-61-23-25-65(7,8)9)38-20-18-35-27-37(19-17-36(35)28-38)39-29-52-40(30-51-39)44-32-54-46(58(44)34-62-24-26-66(10,11)12)42-16-14-22-56(42)48(60)64-50(4,5)6/h17-20,27-32,41-42H,13-16,21-26,33-34H2,1-12H3/t41-,42-/m0/s1. The zero-order valence-electron chi connectivity index (χ0n) is 41.4. The maximum Gasteiger partial charge on any atom is 0.410 e. The molecule has 0 spiro atoms. The molecular weight excluding hydrogens is 865 g/mol. The number of fused-ring (bicyclic) bond motifs is 1. The van der Waals surface area contributed by atoms with Gasteiger partial charge in [-0.3, -0.25) is 19.8 Å². The Morgan fingerprint density at radius 2 is 1.03 bits per heavy atom. The van der Waals surface area contributed by atoms with Crippen molar-refractivity contribution >= 4 is 39.1 Å². The van der Waals surface area contributed by atoms with Gasteiger partial charge in [-0.25, -0.2) is 19.6 Å². The first-order chi connectivity index (χ1) is 31.0. The second-order valence-corrected chi connectivity index (χ2v) is 33.5. The molecule has 2 saturated heterocycles. The molecule has 0 unspecified atom stereocenters. The Morgan fingerprint density at radius 1 is 0.591 bits per heavy atom. The number of nitrogens with zero attached hydrogens (tertiary/aromatic N) is 8. The molecule has 2 atom stereocenters. The van der Waals surface area contributed by atoms with Crippen LogP contribution in [0.25, 0.3) is 44.7 Å². The van der Waals surface area contributed by atoms with Crippen molar-refractivity contribution in [3.63, 3.8) is 0 Å². The van der Waals surface area contributed by atoms with Gasteiger partial charge in [0.05, 0.1) is 54.0 Å². The van der Waals surface area contributed by atoms with Crippen LogP contribution in [0.5, 0.6) is 0 Å². The van der Waals surface area contributed by atoms with E-state index < -0.39 is 27.3 Å². The van der Waals surface area contributed by atoms with E-state index in [1.54, 1.807) is 11.1 Å². The highest BCUT2D eigenvalue weighted by Gasteiger charge is 2.38. The van der Waals surface area contributed by atoms with E-state index in [0.29, 0.717) is 45.5 Å². The van der Waals surface area contributed by atoms with Crippen molar-refractivity contribution in [2.45, 2.75) is 155 Å². The van der Waals surface area contributed by atoms with Gasteiger partial charge in [0.25, 0.3) is 0 Å². The summed E-state index contributed by atoms with van der Waals surface area (Å²) in [6, 6.07) is 14.4. The van der Waals surface area contributed by atoms with Gasteiger partial charge in [-0.2, -0.15) is 0 Å². The maximum atomic E-state index is 13.4. The van der Waals surface area contributed by atoms with Crippen LogP contribution in [-0.4, -0.2) is 105 Å². The number of amides is 2. The van der Waals surface area contributed by atoms with Crippen LogP contribution in [0.3, 0.4) is 0 Å². The van der Waals surface area contributed by atoms with Gasteiger partial charge >= 0.3 is 12.2 Å². The van der Waals surface area contributed by atoms with E-state index in [-0.39, 0.29) is 24.3 Å². The molecule has 16 heteroatoms. The highest BCUT2D eigenvalue weighted by Crippen LogP contribution is 2.38. The summed E-state index contributed by atoms with van der Waals surface area (Å²) in [4.78, 5) is 50.0. The predicted molar refractivity (Wildman–Crippen MR) is 265 cm³/mol. The Hall–Kier alpha value is -4.91. The Bertz CT molecular complexity index is 2480. The Kier molecular flexibility index (Phi) is 14.7. The third-order valence-corrected chi connectivity index (χ3v) is 15.3. The van der Waals surface area contributed by atoms with Gasteiger partial charge in [-0.05, 0) is 102 Å². The lowest BCUT2D eigenvalue weighted by Gasteiger charge is -2.29. The van der Waals surface area contributed by atoms with Crippen LogP contribution in [0, 0.1) is 0 Å². The molecule has 5 aromatic rings. The highest BCUT2D eigenvalue weighted by atomic mass is 28.3. The molecule has 14 nitrogen and oxygen atoms in total. The van der Waals surface area contributed by atoms with Crippen molar-refractivity contribution in [1.82, 2.24) is 38.9 Å². The summed E-state index contributed by atoms with van der Waals surface area (Å²) in [5.41, 5.74) is 3.92. The molecule has 2 aliphatic heterocycles. The summed E-state index contributed by atoms with van der Waals surface area (Å²) in [6.07, 6.45) is 10.0. The Morgan fingerprint density at radius 3 is 1.50 bits per heavy atom. The number of likely N-dealkylation sites (tertiary alicyclic amines) is 2. The van der Waals surface area contributed by atoms with E-state index in [2.05, 4.69) is 80.2 Å². The average molecular weight is 937 g/mol. The number of carbonyl (C=O) groups excluding carboxylic acids is 2. The number of hydrogen-bond acceptors (Lipinski definition) is 10. The normalized spacial score (nSPS) is 17.3. The van der Waals surface area contributed by atoms with Gasteiger partial charge in [0.15, 0.2) is 0 Å². The third-order valence-electron chi connectivity index (χ3n) is 11.9. The monoisotopic (exact) mass is 937 g/mol. The van der Waals surface area contributed by atoms with Gasteiger partial charge in [-0.15, -0.1) is 0 Å². The van der Waals surface area contributed by atoms with Crippen LogP contribution in [0.4, 0.5) is 9.59 Å². The smallest absolute Gasteiger partial charge is 0.410 e. The van der Waals surface area contributed by atoms with Crippen LogP contribution in [-0.2, 0) is 32.4 Å². The van der Waals surface area contributed by atoms with Crippen molar-refractivity contribution in [3.05, 3.63) is 72.8 Å². The zero-order valence-corrected chi connectivity index (χ0v) is 43.4. The molecule has 2 aliphatic rings. The van der Waals surface area contributed by atoms with E-state index in [0.717, 1.165) is 88.4 Å². The third kappa shape index (κ3) is 12.3. The molecule has 0 radical (unpaired) electrons. The summed E-state index contributed by atoms with van der Waals surface area (Å²) in [5, 5.41) is 2.14. The minimum atomic E-state index is -1.31. The fourth-order valence-corrected chi connectivity index (χ4v) is 9.92. The molecule has 356 valence electrons. The van der Waals surface area contributed by atoms with Crippen molar-refractivity contribution in [3.8, 4) is 33.9 Å². The molecule has 0 bridgehead atoms. The predicted octanol–water partition coefficient (Wildman–Crippen LogP) is 11.8. The number of benzene rings is 2. The maximum absolute atomic E-state index is 13.4. The second kappa shape index (κ2) is 19.7. The molecule has 0 saturated carbocycles. The first-order valence-corrected chi connectivity index (χ1v) is 31.1. The van der Waals surface area contributed by atoms with Crippen molar-refractivity contribution < 1.29 is 28.5 Å². The molecule has 0 aliphatic carbocycles. The van der Waals surface area contributed by atoms with Crippen LogP contribution in [0.1, 0.15) is 91.0 Å². The largest absolute Gasteiger partial charge is 0.444 e. The van der Waals surface area contributed by atoms with Gasteiger partial charge in [-0.1, -0.05) is 63.5 Å². The van der Waals surface area contributed by atoms with Crippen LogP contribution < -0.4 is 0 Å². The van der Waals surface area contributed by atoms with Crippen molar-refractivity contribution in [2.75, 3.05) is 26.3 Å². The Balaban J connectivity index is 1.14. The molecule has 5 heterocycles. The van der Waals surface area contributed by atoms with E-state index in [9.17, 15) is 9.59 Å². The van der Waals surface area contributed by atoms with E-state index in [1.807, 2.05) is 69.6 Å². The molecular formula is C50H72N8O6Si2. The van der Waals surface area contributed by atoms with Gasteiger partial charge < -0.3 is 28.1 Å². The van der Waals surface area contributed by atoms with Crippen LogP contribution in [0.15, 0.2) is 61.2 Å². The fourth-order valence-electron chi connectivity index (χ4n) is 8.41. The van der Waals surface area contributed by atoms with Crippen LogP contribution in [0.2, 0.25) is 51.4 Å². The molecule has 2 aromatic carbocycles. The molecule has 66 heavy (non-hydrogen) atoms.